The van der Waals surface area contributed by atoms with Gasteiger partial charge in [-0.05, 0) is 36.9 Å². The van der Waals surface area contributed by atoms with E-state index in [-0.39, 0.29) is 11.9 Å². The van der Waals surface area contributed by atoms with E-state index < -0.39 is 0 Å². The fourth-order valence-electron chi connectivity index (χ4n) is 3.78. The van der Waals surface area contributed by atoms with E-state index in [9.17, 15) is 4.79 Å². The van der Waals surface area contributed by atoms with Gasteiger partial charge in [0.25, 0.3) is 5.91 Å². The number of carbonyl (C=O) groups excluding carboxylic acids is 1. The topological polar surface area (TPSA) is 51.4 Å². The van der Waals surface area contributed by atoms with Gasteiger partial charge < -0.3 is 15.2 Å². The first-order valence-corrected chi connectivity index (χ1v) is 9.50. The van der Waals surface area contributed by atoms with Crippen LogP contribution in [0.2, 0.25) is 0 Å². The maximum absolute atomic E-state index is 12.8. The molecule has 140 valence electrons. The van der Waals surface area contributed by atoms with Crippen molar-refractivity contribution < 1.29 is 4.79 Å². The van der Waals surface area contributed by atoms with E-state index in [4.69, 9.17) is 0 Å². The molecule has 0 aliphatic carbocycles. The molecule has 3 aromatic rings. The van der Waals surface area contributed by atoms with Gasteiger partial charge in [-0.25, -0.2) is 0 Å². The zero-order valence-electron chi connectivity index (χ0n) is 15.7. The second-order valence-corrected chi connectivity index (χ2v) is 7.43. The van der Waals surface area contributed by atoms with Crippen LogP contribution in [-0.2, 0) is 6.54 Å². The van der Waals surface area contributed by atoms with E-state index in [0.29, 0.717) is 5.56 Å². The van der Waals surface area contributed by atoms with Crippen LogP contribution >= 0.6 is 0 Å². The lowest BCUT2D eigenvalue weighted by atomic mass is 10.1. The SMILES string of the molecule is CN1CCN(Cc2ccccc2)CC(NC(=O)c2ccc3[nH]ccc3c2)C1. The molecule has 0 bridgehead atoms. The molecule has 0 spiro atoms. The van der Waals surface area contributed by atoms with Crippen LogP contribution < -0.4 is 5.32 Å². The zero-order chi connectivity index (χ0) is 18.6. The van der Waals surface area contributed by atoms with Crippen molar-refractivity contribution in [2.75, 3.05) is 33.2 Å². The second-order valence-electron chi connectivity index (χ2n) is 7.43. The summed E-state index contributed by atoms with van der Waals surface area (Å²) in [4.78, 5) is 20.7. The molecule has 1 aliphatic rings. The molecule has 1 amide bonds. The van der Waals surface area contributed by atoms with Crippen molar-refractivity contribution in [3.8, 4) is 0 Å². The van der Waals surface area contributed by atoms with Gasteiger partial charge in [-0.3, -0.25) is 9.69 Å². The van der Waals surface area contributed by atoms with Crippen molar-refractivity contribution in [1.82, 2.24) is 20.1 Å². The molecule has 4 rings (SSSR count). The monoisotopic (exact) mass is 362 g/mol. The predicted octanol–water partition coefficient (Wildman–Crippen LogP) is 2.71. The molecule has 5 heteroatoms. The molecular weight excluding hydrogens is 336 g/mol. The standard InChI is InChI=1S/C22H26N4O/c1-25-11-12-26(14-17-5-3-2-4-6-17)16-20(15-25)24-22(27)19-7-8-21-18(13-19)9-10-23-21/h2-10,13,20,23H,11-12,14-16H2,1H3,(H,24,27). The summed E-state index contributed by atoms with van der Waals surface area (Å²) in [6, 6.07) is 18.4. The van der Waals surface area contributed by atoms with Gasteiger partial charge >= 0.3 is 0 Å². The summed E-state index contributed by atoms with van der Waals surface area (Å²) in [5, 5.41) is 4.31. The maximum atomic E-state index is 12.8. The number of aromatic nitrogens is 1. The van der Waals surface area contributed by atoms with Gasteiger partial charge in [-0.15, -0.1) is 0 Å². The highest BCUT2D eigenvalue weighted by molar-refractivity contribution is 5.98. The first kappa shape index (κ1) is 17.8. The number of hydrogen-bond donors (Lipinski definition) is 2. The Morgan fingerprint density at radius 2 is 1.96 bits per heavy atom. The Morgan fingerprint density at radius 3 is 2.81 bits per heavy atom. The molecule has 27 heavy (non-hydrogen) atoms. The molecule has 2 aromatic carbocycles. The molecule has 1 aliphatic heterocycles. The highest BCUT2D eigenvalue weighted by Gasteiger charge is 2.23. The molecule has 1 unspecified atom stereocenters. The fourth-order valence-corrected chi connectivity index (χ4v) is 3.78. The van der Waals surface area contributed by atoms with E-state index in [1.54, 1.807) is 0 Å². The normalized spacial score (nSPS) is 19.1. The molecular formula is C22H26N4O. The summed E-state index contributed by atoms with van der Waals surface area (Å²) >= 11 is 0. The van der Waals surface area contributed by atoms with E-state index in [1.807, 2.05) is 36.5 Å². The van der Waals surface area contributed by atoms with Gasteiger partial charge in [-0.1, -0.05) is 30.3 Å². The van der Waals surface area contributed by atoms with Crippen molar-refractivity contribution in [2.45, 2.75) is 12.6 Å². The number of fused-ring (bicyclic) bond motifs is 1. The smallest absolute Gasteiger partial charge is 0.251 e. The lowest BCUT2D eigenvalue weighted by molar-refractivity contribution is 0.0924. The van der Waals surface area contributed by atoms with Crippen LogP contribution in [0.5, 0.6) is 0 Å². The van der Waals surface area contributed by atoms with Gasteiger partial charge in [0.1, 0.15) is 0 Å². The summed E-state index contributed by atoms with van der Waals surface area (Å²) < 4.78 is 0. The third kappa shape index (κ3) is 4.38. The number of carbonyl (C=O) groups is 1. The number of rotatable bonds is 4. The molecule has 1 atom stereocenters. The zero-order valence-corrected chi connectivity index (χ0v) is 15.7. The van der Waals surface area contributed by atoms with Crippen molar-refractivity contribution in [3.63, 3.8) is 0 Å². The summed E-state index contributed by atoms with van der Waals surface area (Å²) in [6.07, 6.45) is 1.90. The highest BCUT2D eigenvalue weighted by atomic mass is 16.1. The number of aromatic amines is 1. The first-order chi connectivity index (χ1) is 13.2. The number of benzene rings is 2. The van der Waals surface area contributed by atoms with Crippen LogP contribution in [0.3, 0.4) is 0 Å². The third-order valence-electron chi connectivity index (χ3n) is 5.21. The molecule has 5 nitrogen and oxygen atoms in total. The Kier molecular flexibility index (Phi) is 5.23. The lowest BCUT2D eigenvalue weighted by Crippen LogP contribution is -2.46. The van der Waals surface area contributed by atoms with Crippen LogP contribution in [0.15, 0.2) is 60.8 Å². The minimum atomic E-state index is -0.00180. The Labute approximate surface area is 160 Å². The van der Waals surface area contributed by atoms with E-state index in [2.05, 4.69) is 51.4 Å². The van der Waals surface area contributed by atoms with Gasteiger partial charge in [0.05, 0.1) is 6.04 Å². The van der Waals surface area contributed by atoms with E-state index in [1.165, 1.54) is 5.56 Å². The first-order valence-electron chi connectivity index (χ1n) is 9.50. The Hall–Kier alpha value is -2.63. The van der Waals surface area contributed by atoms with Crippen molar-refractivity contribution in [3.05, 3.63) is 71.9 Å². The van der Waals surface area contributed by atoms with Gasteiger partial charge in [0.2, 0.25) is 0 Å². The second kappa shape index (κ2) is 7.94. The van der Waals surface area contributed by atoms with Crippen LogP contribution in [0.4, 0.5) is 0 Å². The quantitative estimate of drug-likeness (QED) is 0.750. The predicted molar refractivity (Wildman–Crippen MR) is 109 cm³/mol. The fraction of sp³-hybridized carbons (Fsp3) is 0.318. The van der Waals surface area contributed by atoms with Crippen LogP contribution in [0.1, 0.15) is 15.9 Å². The molecule has 1 saturated heterocycles. The summed E-state index contributed by atoms with van der Waals surface area (Å²) in [7, 11) is 2.12. The van der Waals surface area contributed by atoms with Gasteiger partial charge in [-0.2, -0.15) is 0 Å². The average Bonchev–Trinajstić information content (AvgIpc) is 3.07. The van der Waals surface area contributed by atoms with Crippen LogP contribution in [-0.4, -0.2) is 60.0 Å². The molecule has 0 radical (unpaired) electrons. The molecule has 2 N–H and O–H groups in total. The minimum absolute atomic E-state index is 0.00180. The Morgan fingerprint density at radius 1 is 1.11 bits per heavy atom. The van der Waals surface area contributed by atoms with Crippen molar-refractivity contribution in [2.24, 2.45) is 0 Å². The van der Waals surface area contributed by atoms with Crippen molar-refractivity contribution >= 4 is 16.8 Å². The van der Waals surface area contributed by atoms with Crippen molar-refractivity contribution in [1.29, 1.82) is 0 Å². The number of likely N-dealkylation sites (N-methyl/N-ethyl adjacent to an activating group) is 1. The Balaban J connectivity index is 1.44. The lowest BCUT2D eigenvalue weighted by Gasteiger charge is -2.25. The minimum Gasteiger partial charge on any atom is -0.361 e. The van der Waals surface area contributed by atoms with Gasteiger partial charge in [0, 0.05) is 55.4 Å². The highest BCUT2D eigenvalue weighted by Crippen LogP contribution is 2.15. The summed E-state index contributed by atoms with van der Waals surface area (Å²) in [6.45, 7) is 4.65. The summed E-state index contributed by atoms with van der Waals surface area (Å²) in [5.74, 6) is -0.00180. The summed E-state index contributed by atoms with van der Waals surface area (Å²) in [5.41, 5.74) is 3.07. The molecule has 1 aromatic heterocycles. The number of H-pyrrole nitrogens is 1. The number of nitrogens with one attached hydrogen (secondary N) is 2. The van der Waals surface area contributed by atoms with Crippen LogP contribution in [0, 0.1) is 0 Å². The molecule has 2 heterocycles. The van der Waals surface area contributed by atoms with Crippen LogP contribution in [0.25, 0.3) is 10.9 Å². The molecule has 0 saturated carbocycles. The third-order valence-corrected chi connectivity index (χ3v) is 5.21. The van der Waals surface area contributed by atoms with Gasteiger partial charge in [0.15, 0.2) is 0 Å². The largest absolute Gasteiger partial charge is 0.361 e. The van der Waals surface area contributed by atoms with E-state index >= 15 is 0 Å². The number of amides is 1. The maximum Gasteiger partial charge on any atom is 0.251 e. The average molecular weight is 362 g/mol. The number of hydrogen-bond acceptors (Lipinski definition) is 3. The van der Waals surface area contributed by atoms with E-state index in [0.717, 1.165) is 43.6 Å². The Bertz CT molecular complexity index is 905. The molecule has 1 fully saturated rings. The number of nitrogens with zero attached hydrogens (tertiary/aromatic N) is 2.